The Kier molecular flexibility index (Phi) is 3.48. The number of hydrogen-bond donors (Lipinski definition) is 0. The van der Waals surface area contributed by atoms with Crippen LogP contribution >= 0.6 is 0 Å². The maximum Gasteiger partial charge on any atom is 0.155 e. The van der Waals surface area contributed by atoms with E-state index in [2.05, 4.69) is 72.8 Å². The molecule has 0 N–H and O–H groups in total. The molecule has 0 spiro atoms. The van der Waals surface area contributed by atoms with Crippen LogP contribution in [0.5, 0.6) is 0 Å². The van der Waals surface area contributed by atoms with Crippen LogP contribution in [0.25, 0.3) is 5.65 Å². The molecule has 4 nitrogen and oxygen atoms in total. The van der Waals surface area contributed by atoms with Crippen LogP contribution in [-0.2, 0) is 18.4 Å². The van der Waals surface area contributed by atoms with Gasteiger partial charge in [-0.25, -0.2) is 9.50 Å². The fourth-order valence-electron chi connectivity index (χ4n) is 4.59. The average Bonchev–Trinajstić information content (AvgIpc) is 3.16. The molecule has 134 valence electrons. The van der Waals surface area contributed by atoms with E-state index in [9.17, 15) is 0 Å². The quantitative estimate of drug-likeness (QED) is 0.694. The van der Waals surface area contributed by atoms with Gasteiger partial charge in [0.1, 0.15) is 0 Å². The molecule has 26 heavy (non-hydrogen) atoms. The normalized spacial score (nSPS) is 22.7. The molecule has 0 aliphatic carbocycles. The van der Waals surface area contributed by atoms with Crippen molar-refractivity contribution in [1.29, 1.82) is 0 Å². The maximum absolute atomic E-state index is 4.94. The molecule has 0 radical (unpaired) electrons. The highest BCUT2D eigenvalue weighted by Crippen LogP contribution is 2.44. The van der Waals surface area contributed by atoms with Gasteiger partial charge in [-0.1, -0.05) is 51.1 Å². The van der Waals surface area contributed by atoms with Crippen LogP contribution in [0.3, 0.4) is 0 Å². The van der Waals surface area contributed by atoms with E-state index in [1.807, 2.05) is 0 Å². The first kappa shape index (κ1) is 16.0. The number of hydrogen-bond acceptors (Lipinski definition) is 3. The third-order valence-corrected chi connectivity index (χ3v) is 6.02. The Bertz CT molecular complexity index is 951. The van der Waals surface area contributed by atoms with Crippen molar-refractivity contribution in [2.24, 2.45) is 0 Å². The molecule has 3 aromatic rings. The van der Waals surface area contributed by atoms with E-state index >= 15 is 0 Å². The highest BCUT2D eigenvalue weighted by atomic mass is 15.3. The third kappa shape index (κ3) is 2.47. The summed E-state index contributed by atoms with van der Waals surface area (Å²) >= 11 is 0. The van der Waals surface area contributed by atoms with Crippen molar-refractivity contribution >= 4 is 5.65 Å². The topological polar surface area (TPSA) is 33.4 Å². The Balaban J connectivity index is 1.55. The number of aromatic nitrogens is 3. The molecule has 1 aromatic carbocycles. The zero-order valence-corrected chi connectivity index (χ0v) is 15.8. The summed E-state index contributed by atoms with van der Waals surface area (Å²) in [5.41, 5.74) is 6.32. The summed E-state index contributed by atoms with van der Waals surface area (Å²) in [7, 11) is 0. The zero-order chi connectivity index (χ0) is 17.9. The lowest BCUT2D eigenvalue weighted by Crippen LogP contribution is -2.38. The number of nitrogens with zero attached hydrogens (tertiary/aromatic N) is 4. The monoisotopic (exact) mass is 346 g/mol. The summed E-state index contributed by atoms with van der Waals surface area (Å²) in [6.07, 6.45) is 5.68. The Morgan fingerprint density at radius 1 is 1.12 bits per heavy atom. The fraction of sp³-hybridized carbons (Fsp3) is 0.455. The molecule has 1 saturated heterocycles. The highest BCUT2D eigenvalue weighted by molar-refractivity contribution is 5.45. The molecule has 0 amide bonds. The average molecular weight is 346 g/mol. The largest absolute Gasteiger partial charge is 0.289 e. The summed E-state index contributed by atoms with van der Waals surface area (Å²) in [5, 5.41) is 4.94. The number of fused-ring (bicyclic) bond motifs is 6. The predicted octanol–water partition coefficient (Wildman–Crippen LogP) is 4.29. The molecular formula is C22H26N4. The molecule has 2 aliphatic heterocycles. The summed E-state index contributed by atoms with van der Waals surface area (Å²) in [6, 6.07) is 14.1. The van der Waals surface area contributed by atoms with Gasteiger partial charge in [0.2, 0.25) is 0 Å². The van der Waals surface area contributed by atoms with Crippen LogP contribution in [0.15, 0.2) is 42.6 Å². The van der Waals surface area contributed by atoms with Crippen molar-refractivity contribution in [2.45, 2.75) is 64.1 Å². The SMILES string of the molecule is CC(C)(C)c1cc2ncc3c(n2n1)C[C@H]1CC[C@H]3N1Cc1ccccc1. The second-order valence-corrected chi connectivity index (χ2v) is 8.82. The minimum atomic E-state index is 0.0492. The molecule has 1 fully saturated rings. The van der Waals surface area contributed by atoms with Crippen molar-refractivity contribution in [2.75, 3.05) is 0 Å². The van der Waals surface area contributed by atoms with E-state index < -0.39 is 0 Å². The second-order valence-electron chi connectivity index (χ2n) is 8.82. The minimum Gasteiger partial charge on any atom is -0.289 e. The zero-order valence-electron chi connectivity index (χ0n) is 15.8. The highest BCUT2D eigenvalue weighted by Gasteiger charge is 2.41. The van der Waals surface area contributed by atoms with Gasteiger partial charge in [-0.15, -0.1) is 0 Å². The summed E-state index contributed by atoms with van der Waals surface area (Å²) in [5.74, 6) is 0. The van der Waals surface area contributed by atoms with Crippen molar-refractivity contribution < 1.29 is 0 Å². The first-order valence-corrected chi connectivity index (χ1v) is 9.68. The molecule has 0 saturated carbocycles. The van der Waals surface area contributed by atoms with Crippen LogP contribution in [0.4, 0.5) is 0 Å². The molecule has 0 unspecified atom stereocenters. The Morgan fingerprint density at radius 3 is 2.69 bits per heavy atom. The second kappa shape index (κ2) is 5.65. The lowest BCUT2D eigenvalue weighted by atomic mass is 9.93. The van der Waals surface area contributed by atoms with Gasteiger partial charge in [0.05, 0.1) is 11.4 Å². The van der Waals surface area contributed by atoms with Gasteiger partial charge in [-0.2, -0.15) is 5.10 Å². The van der Waals surface area contributed by atoms with E-state index in [0.717, 1.165) is 24.3 Å². The summed E-state index contributed by atoms with van der Waals surface area (Å²) in [4.78, 5) is 7.44. The van der Waals surface area contributed by atoms with E-state index in [0.29, 0.717) is 12.1 Å². The van der Waals surface area contributed by atoms with Gasteiger partial charge < -0.3 is 0 Å². The lowest BCUT2D eigenvalue weighted by Gasteiger charge is -2.36. The van der Waals surface area contributed by atoms with Gasteiger partial charge in [0.25, 0.3) is 0 Å². The molecule has 4 heteroatoms. The predicted molar refractivity (Wildman–Crippen MR) is 103 cm³/mol. The Labute approximate surface area is 154 Å². The van der Waals surface area contributed by atoms with Crippen LogP contribution in [0.1, 0.15) is 62.2 Å². The Morgan fingerprint density at radius 2 is 1.92 bits per heavy atom. The fourth-order valence-corrected chi connectivity index (χ4v) is 4.59. The first-order chi connectivity index (χ1) is 12.5. The van der Waals surface area contributed by atoms with E-state index in [1.165, 1.54) is 29.7 Å². The molecule has 2 aromatic heterocycles. The van der Waals surface area contributed by atoms with Crippen molar-refractivity contribution in [3.63, 3.8) is 0 Å². The van der Waals surface area contributed by atoms with Crippen LogP contribution < -0.4 is 0 Å². The van der Waals surface area contributed by atoms with Crippen LogP contribution in [0, 0.1) is 0 Å². The Hall–Kier alpha value is -2.20. The third-order valence-electron chi connectivity index (χ3n) is 6.02. The van der Waals surface area contributed by atoms with Gasteiger partial charge in [0, 0.05) is 48.3 Å². The number of rotatable bonds is 2. The molecule has 4 heterocycles. The molecule has 5 rings (SSSR count). The summed E-state index contributed by atoms with van der Waals surface area (Å²) < 4.78 is 2.13. The minimum absolute atomic E-state index is 0.0492. The maximum atomic E-state index is 4.94. The molecule has 2 bridgehead atoms. The smallest absolute Gasteiger partial charge is 0.155 e. The van der Waals surface area contributed by atoms with E-state index in [-0.39, 0.29) is 5.41 Å². The van der Waals surface area contributed by atoms with Gasteiger partial charge in [-0.05, 0) is 18.4 Å². The van der Waals surface area contributed by atoms with Crippen molar-refractivity contribution in [3.8, 4) is 0 Å². The van der Waals surface area contributed by atoms with Crippen LogP contribution in [-0.4, -0.2) is 25.5 Å². The van der Waals surface area contributed by atoms with Gasteiger partial charge >= 0.3 is 0 Å². The van der Waals surface area contributed by atoms with Crippen LogP contribution in [0.2, 0.25) is 0 Å². The van der Waals surface area contributed by atoms with Gasteiger partial charge in [-0.3, -0.25) is 4.90 Å². The van der Waals surface area contributed by atoms with E-state index in [1.54, 1.807) is 0 Å². The molecule has 2 aliphatic rings. The lowest BCUT2D eigenvalue weighted by molar-refractivity contribution is 0.165. The standard InChI is InChI=1S/C22H26N4/c1-22(2,3)20-12-21-23-13-17-18-10-9-16(11-19(17)26(21)24-20)25(18)14-15-7-5-4-6-8-15/h4-8,12-13,16,18H,9-11,14H2,1-3H3/t16-,18-/m1/s1. The molecule has 2 atom stereocenters. The van der Waals surface area contributed by atoms with E-state index in [4.69, 9.17) is 10.1 Å². The number of benzene rings is 1. The molecular weight excluding hydrogens is 320 g/mol. The van der Waals surface area contributed by atoms with Gasteiger partial charge in [0.15, 0.2) is 5.65 Å². The van der Waals surface area contributed by atoms with Crippen molar-refractivity contribution in [3.05, 3.63) is 65.1 Å². The summed E-state index contributed by atoms with van der Waals surface area (Å²) in [6.45, 7) is 7.67. The first-order valence-electron chi connectivity index (χ1n) is 9.68. The van der Waals surface area contributed by atoms with Crippen molar-refractivity contribution in [1.82, 2.24) is 19.5 Å².